The van der Waals surface area contributed by atoms with Crippen molar-refractivity contribution in [3.63, 3.8) is 0 Å². The Morgan fingerprint density at radius 1 is 1.25 bits per heavy atom. The van der Waals surface area contributed by atoms with Gasteiger partial charge in [0.25, 0.3) is 0 Å². The Hall–Kier alpha value is -1.53. The van der Waals surface area contributed by atoms with E-state index in [9.17, 15) is 13.2 Å². The second-order valence-electron chi connectivity index (χ2n) is 1.95. The molecule has 0 spiro atoms. The molecule has 0 atom stereocenters. The Morgan fingerprint density at radius 2 is 1.83 bits per heavy atom. The Labute approximate surface area is 65.4 Å². The van der Waals surface area contributed by atoms with E-state index in [2.05, 4.69) is 9.97 Å². The maximum absolute atomic E-state index is 11.9. The summed E-state index contributed by atoms with van der Waals surface area (Å²) in [7, 11) is 0. The van der Waals surface area contributed by atoms with Crippen molar-refractivity contribution in [2.45, 2.75) is 6.18 Å². The van der Waals surface area contributed by atoms with Gasteiger partial charge in [-0.15, -0.1) is 0 Å². The average Bonchev–Trinajstić information content (AvgIpc) is 1.83. The minimum atomic E-state index is -4.59. The molecule has 0 unspecified atom stereocenters. The Balaban J connectivity index is 3.19. The molecule has 65 valence electrons. The first-order valence-corrected chi connectivity index (χ1v) is 2.79. The fourth-order valence-corrected chi connectivity index (χ4v) is 0.583. The van der Waals surface area contributed by atoms with Gasteiger partial charge in [0.1, 0.15) is 17.6 Å². The molecule has 4 N–H and O–H groups in total. The highest BCUT2D eigenvalue weighted by Gasteiger charge is 2.34. The van der Waals surface area contributed by atoms with Crippen molar-refractivity contribution >= 4 is 11.8 Å². The second-order valence-corrected chi connectivity index (χ2v) is 1.95. The van der Waals surface area contributed by atoms with Crippen LogP contribution < -0.4 is 11.5 Å². The van der Waals surface area contributed by atoms with Crippen LogP contribution >= 0.6 is 0 Å². The maximum atomic E-state index is 11.9. The molecule has 7 heteroatoms. The quantitative estimate of drug-likeness (QED) is 0.603. The van der Waals surface area contributed by atoms with Crippen molar-refractivity contribution in [1.29, 1.82) is 0 Å². The first-order chi connectivity index (χ1) is 5.41. The van der Waals surface area contributed by atoms with Crippen molar-refractivity contribution in [1.82, 2.24) is 9.97 Å². The van der Waals surface area contributed by atoms with Gasteiger partial charge in [0, 0.05) is 0 Å². The van der Waals surface area contributed by atoms with Crippen LogP contribution in [0.2, 0.25) is 0 Å². The standard InChI is InChI=1S/C5H4F3N4/c6-5(7,8)2-1-11-4(10)12-3(2)9/h(H4,9,10,11,12). The predicted molar refractivity (Wildman–Crippen MR) is 34.7 cm³/mol. The summed E-state index contributed by atoms with van der Waals surface area (Å²) in [5.41, 5.74) is 8.70. The average molecular weight is 177 g/mol. The van der Waals surface area contributed by atoms with Crippen molar-refractivity contribution in [3.8, 4) is 0 Å². The first kappa shape index (κ1) is 8.57. The van der Waals surface area contributed by atoms with Gasteiger partial charge in [0.15, 0.2) is 0 Å². The molecule has 0 bridgehead atoms. The van der Waals surface area contributed by atoms with Gasteiger partial charge >= 0.3 is 6.18 Å². The topological polar surface area (TPSA) is 77.8 Å². The highest BCUT2D eigenvalue weighted by molar-refractivity contribution is 5.42. The van der Waals surface area contributed by atoms with Gasteiger partial charge in [0.2, 0.25) is 5.95 Å². The van der Waals surface area contributed by atoms with Gasteiger partial charge in [-0.3, -0.25) is 0 Å². The van der Waals surface area contributed by atoms with E-state index in [-0.39, 0.29) is 5.95 Å². The van der Waals surface area contributed by atoms with Crippen LogP contribution in [0.5, 0.6) is 0 Å². The fraction of sp³-hybridized carbons (Fsp3) is 0.200. The summed E-state index contributed by atoms with van der Waals surface area (Å²) in [5.74, 6) is -1.05. The molecule has 0 fully saturated rings. The molecule has 0 aliphatic heterocycles. The lowest BCUT2D eigenvalue weighted by Crippen LogP contribution is -2.12. The molecule has 1 radical (unpaired) electrons. The predicted octanol–water partition coefficient (Wildman–Crippen LogP) is 0.460. The minimum absolute atomic E-state index is 0.333. The summed E-state index contributed by atoms with van der Waals surface area (Å²) >= 11 is 0. The molecule has 1 aromatic rings. The number of rotatable bonds is 0. The number of aromatic nitrogens is 2. The van der Waals surface area contributed by atoms with E-state index in [1.54, 1.807) is 6.20 Å². The van der Waals surface area contributed by atoms with E-state index < -0.39 is 17.6 Å². The summed E-state index contributed by atoms with van der Waals surface area (Å²) in [6.45, 7) is 0. The summed E-state index contributed by atoms with van der Waals surface area (Å²) in [4.78, 5) is 6.18. The maximum Gasteiger partial charge on any atom is 0.422 e. The highest BCUT2D eigenvalue weighted by Crippen LogP contribution is 2.31. The Kier molecular flexibility index (Phi) is 1.79. The molecular weight excluding hydrogens is 173 g/mol. The zero-order valence-corrected chi connectivity index (χ0v) is 5.68. The number of nitrogen functional groups attached to an aromatic ring is 2. The number of alkyl halides is 3. The molecule has 0 saturated heterocycles. The molecule has 1 heterocycles. The summed E-state index contributed by atoms with van der Waals surface area (Å²) in [6.07, 6.45) is -2.93. The smallest absolute Gasteiger partial charge is 0.383 e. The molecule has 0 aliphatic rings. The van der Waals surface area contributed by atoms with Gasteiger partial charge < -0.3 is 11.5 Å². The number of nitrogens with two attached hydrogens (primary N) is 2. The fourth-order valence-electron chi connectivity index (χ4n) is 0.583. The van der Waals surface area contributed by atoms with Crippen LogP contribution in [0.4, 0.5) is 24.9 Å². The molecule has 12 heavy (non-hydrogen) atoms. The molecule has 0 aliphatic carbocycles. The van der Waals surface area contributed by atoms with E-state index in [1.165, 1.54) is 0 Å². The lowest BCUT2D eigenvalue weighted by Gasteiger charge is -2.06. The van der Waals surface area contributed by atoms with Crippen molar-refractivity contribution in [2.24, 2.45) is 0 Å². The first-order valence-electron chi connectivity index (χ1n) is 2.79. The molecule has 0 aromatic carbocycles. The van der Waals surface area contributed by atoms with Gasteiger partial charge in [-0.1, -0.05) is 0 Å². The van der Waals surface area contributed by atoms with Crippen LogP contribution in [0.3, 0.4) is 0 Å². The van der Waals surface area contributed by atoms with Crippen LogP contribution in [0, 0.1) is 6.20 Å². The molecule has 4 nitrogen and oxygen atoms in total. The number of hydrogen-bond acceptors (Lipinski definition) is 4. The molecule has 1 rings (SSSR count). The number of anilines is 2. The van der Waals surface area contributed by atoms with Gasteiger partial charge in [0.05, 0.1) is 0 Å². The second kappa shape index (κ2) is 2.50. The lowest BCUT2D eigenvalue weighted by molar-refractivity contribution is -0.137. The van der Waals surface area contributed by atoms with Crippen LogP contribution in [-0.4, -0.2) is 9.97 Å². The van der Waals surface area contributed by atoms with E-state index >= 15 is 0 Å². The molecular formula is C5H4F3N4. The van der Waals surface area contributed by atoms with Crippen molar-refractivity contribution in [2.75, 3.05) is 11.5 Å². The van der Waals surface area contributed by atoms with E-state index in [0.29, 0.717) is 0 Å². The molecule has 0 saturated carbocycles. The summed E-state index contributed by atoms with van der Waals surface area (Å²) in [6, 6.07) is 0. The van der Waals surface area contributed by atoms with Crippen LogP contribution in [0.15, 0.2) is 0 Å². The third kappa shape index (κ3) is 1.55. The number of nitrogens with zero attached hydrogens (tertiary/aromatic N) is 2. The number of hydrogen-bond donors (Lipinski definition) is 2. The van der Waals surface area contributed by atoms with E-state index in [4.69, 9.17) is 11.5 Å². The van der Waals surface area contributed by atoms with Crippen LogP contribution in [-0.2, 0) is 6.18 Å². The SMILES string of the molecule is Nc1n[c]c(C(F)(F)F)c(N)n1. The third-order valence-electron chi connectivity index (χ3n) is 1.06. The van der Waals surface area contributed by atoms with Gasteiger partial charge in [-0.05, 0) is 0 Å². The Bertz CT molecular complexity index is 295. The van der Waals surface area contributed by atoms with Crippen molar-refractivity contribution < 1.29 is 13.2 Å². The summed E-state index contributed by atoms with van der Waals surface area (Å²) < 4.78 is 35.8. The number of halogens is 3. The van der Waals surface area contributed by atoms with Gasteiger partial charge in [-0.2, -0.15) is 18.2 Å². The van der Waals surface area contributed by atoms with Gasteiger partial charge in [-0.25, -0.2) is 4.98 Å². The normalized spacial score (nSPS) is 11.6. The van der Waals surface area contributed by atoms with Crippen LogP contribution in [0.25, 0.3) is 0 Å². The highest BCUT2D eigenvalue weighted by atomic mass is 19.4. The lowest BCUT2D eigenvalue weighted by atomic mass is 10.3. The van der Waals surface area contributed by atoms with Crippen LogP contribution in [0.1, 0.15) is 5.56 Å². The zero-order chi connectivity index (χ0) is 9.35. The monoisotopic (exact) mass is 177 g/mol. The molecule has 0 amide bonds. The summed E-state index contributed by atoms with van der Waals surface area (Å²) in [5, 5.41) is 0. The zero-order valence-electron chi connectivity index (χ0n) is 5.68. The van der Waals surface area contributed by atoms with E-state index in [1.807, 2.05) is 0 Å². The third-order valence-corrected chi connectivity index (χ3v) is 1.06. The Morgan fingerprint density at radius 3 is 2.25 bits per heavy atom. The van der Waals surface area contributed by atoms with E-state index in [0.717, 1.165) is 0 Å². The van der Waals surface area contributed by atoms with Crippen molar-refractivity contribution in [3.05, 3.63) is 11.8 Å². The largest absolute Gasteiger partial charge is 0.422 e. The molecule has 1 aromatic heterocycles. The minimum Gasteiger partial charge on any atom is -0.383 e.